The van der Waals surface area contributed by atoms with Gasteiger partial charge in [-0.2, -0.15) is 4.31 Å². The molecule has 7 heteroatoms. The fourth-order valence-electron chi connectivity index (χ4n) is 3.21. The van der Waals surface area contributed by atoms with E-state index in [-0.39, 0.29) is 17.5 Å². The Morgan fingerprint density at radius 1 is 1.15 bits per heavy atom. The Morgan fingerprint density at radius 2 is 1.85 bits per heavy atom. The van der Waals surface area contributed by atoms with Crippen molar-refractivity contribution in [3.05, 3.63) is 48.5 Å². The third-order valence-corrected chi connectivity index (χ3v) is 6.45. The van der Waals surface area contributed by atoms with Crippen LogP contribution in [0.4, 0.5) is 5.69 Å². The van der Waals surface area contributed by atoms with Crippen LogP contribution in [0, 0.1) is 0 Å². The number of anilines is 1. The maximum absolute atomic E-state index is 12.9. The van der Waals surface area contributed by atoms with Crippen LogP contribution in [0.5, 0.6) is 11.5 Å². The van der Waals surface area contributed by atoms with E-state index in [9.17, 15) is 8.42 Å². The Kier molecular flexibility index (Phi) is 5.92. The zero-order valence-corrected chi connectivity index (χ0v) is 16.8. The zero-order chi connectivity index (χ0) is 19.4. The van der Waals surface area contributed by atoms with Gasteiger partial charge in [-0.1, -0.05) is 12.1 Å². The van der Waals surface area contributed by atoms with Crippen molar-refractivity contribution >= 4 is 15.7 Å². The maximum Gasteiger partial charge on any atom is 0.242 e. The highest BCUT2D eigenvalue weighted by atomic mass is 32.2. The summed E-state index contributed by atoms with van der Waals surface area (Å²) in [5, 5.41) is 0. The summed E-state index contributed by atoms with van der Waals surface area (Å²) in [6.45, 7) is 6.28. The highest BCUT2D eigenvalue weighted by molar-refractivity contribution is 7.89. The van der Waals surface area contributed by atoms with Crippen LogP contribution in [0.3, 0.4) is 0 Å². The average molecular weight is 391 g/mol. The monoisotopic (exact) mass is 390 g/mol. The lowest BCUT2D eigenvalue weighted by Gasteiger charge is -2.36. The van der Waals surface area contributed by atoms with Gasteiger partial charge in [-0.25, -0.2) is 8.42 Å². The number of ether oxygens (including phenoxy) is 2. The molecule has 1 heterocycles. The zero-order valence-electron chi connectivity index (χ0n) is 16.0. The van der Waals surface area contributed by atoms with E-state index in [1.165, 1.54) is 4.31 Å². The van der Waals surface area contributed by atoms with E-state index in [2.05, 4.69) is 11.8 Å². The first-order valence-electron chi connectivity index (χ1n) is 9.15. The Morgan fingerprint density at radius 3 is 2.52 bits per heavy atom. The first-order valence-corrected chi connectivity index (χ1v) is 10.6. The number of para-hydroxylation sites is 2. The second-order valence-corrected chi connectivity index (χ2v) is 8.48. The number of likely N-dealkylation sites (N-methyl/N-ethyl adjacent to an activating group) is 2. The summed E-state index contributed by atoms with van der Waals surface area (Å²) in [6, 6.07) is 14.4. The van der Waals surface area contributed by atoms with E-state index < -0.39 is 10.0 Å². The molecule has 0 amide bonds. The van der Waals surface area contributed by atoms with E-state index in [4.69, 9.17) is 9.47 Å². The molecular weight excluding hydrogens is 364 g/mol. The summed E-state index contributed by atoms with van der Waals surface area (Å²) in [5.74, 6) is 1.45. The number of benzene rings is 2. The predicted molar refractivity (Wildman–Crippen MR) is 106 cm³/mol. The minimum atomic E-state index is -3.59. The molecule has 0 aromatic heterocycles. The summed E-state index contributed by atoms with van der Waals surface area (Å²) >= 11 is 0. The molecule has 0 bridgehead atoms. The van der Waals surface area contributed by atoms with Crippen molar-refractivity contribution in [2.24, 2.45) is 0 Å². The van der Waals surface area contributed by atoms with Crippen LogP contribution in [0.25, 0.3) is 0 Å². The summed E-state index contributed by atoms with van der Waals surface area (Å²) < 4.78 is 38.6. The van der Waals surface area contributed by atoms with E-state index in [0.29, 0.717) is 18.9 Å². The summed E-state index contributed by atoms with van der Waals surface area (Å²) in [7, 11) is -2.00. The molecule has 6 nitrogen and oxygen atoms in total. The maximum atomic E-state index is 12.9. The second-order valence-electron chi connectivity index (χ2n) is 6.44. The Labute approximate surface area is 161 Å². The fourth-order valence-corrected chi connectivity index (χ4v) is 4.42. The van der Waals surface area contributed by atoms with Crippen LogP contribution in [-0.4, -0.2) is 52.1 Å². The van der Waals surface area contributed by atoms with Crippen molar-refractivity contribution in [2.45, 2.75) is 24.8 Å². The third kappa shape index (κ3) is 4.20. The number of rotatable bonds is 7. The van der Waals surface area contributed by atoms with E-state index in [0.717, 1.165) is 18.0 Å². The quantitative estimate of drug-likeness (QED) is 0.727. The molecule has 0 aliphatic carbocycles. The van der Waals surface area contributed by atoms with Crippen molar-refractivity contribution in [2.75, 3.05) is 38.2 Å². The number of fused-ring (bicyclic) bond motifs is 1. The molecule has 0 unspecified atom stereocenters. The number of hydrogen-bond acceptors (Lipinski definition) is 5. The predicted octanol–water partition coefficient (Wildman–Crippen LogP) is 2.99. The molecule has 0 saturated carbocycles. The summed E-state index contributed by atoms with van der Waals surface area (Å²) in [4.78, 5) is 2.46. The van der Waals surface area contributed by atoms with Gasteiger partial charge in [-0.3, -0.25) is 0 Å². The fraction of sp³-hybridized carbons (Fsp3) is 0.400. The van der Waals surface area contributed by atoms with Gasteiger partial charge < -0.3 is 14.4 Å². The highest BCUT2D eigenvalue weighted by Gasteiger charge is 2.29. The molecule has 0 saturated heterocycles. The van der Waals surface area contributed by atoms with Gasteiger partial charge in [0.05, 0.1) is 30.3 Å². The minimum Gasteiger partial charge on any atom is -0.494 e. The first-order chi connectivity index (χ1) is 13.0. The number of hydrogen-bond donors (Lipinski definition) is 0. The topological polar surface area (TPSA) is 59.1 Å². The largest absolute Gasteiger partial charge is 0.494 e. The number of nitrogens with zero attached hydrogens (tertiary/aromatic N) is 2. The lowest BCUT2D eigenvalue weighted by atomic mass is 10.2. The van der Waals surface area contributed by atoms with Crippen LogP contribution in [0.15, 0.2) is 53.4 Å². The highest BCUT2D eigenvalue weighted by Crippen LogP contribution is 2.33. The van der Waals surface area contributed by atoms with Gasteiger partial charge >= 0.3 is 0 Å². The molecule has 3 rings (SSSR count). The summed E-state index contributed by atoms with van der Waals surface area (Å²) in [5.41, 5.74) is 1.05. The lowest BCUT2D eigenvalue weighted by molar-refractivity contribution is 0.171. The molecule has 2 aromatic rings. The molecule has 27 heavy (non-hydrogen) atoms. The SMILES string of the molecule is CCOc1ccc(S(=O)(=O)N(C)C[C@H]2CN(CC)c3ccccc3O2)cc1. The Bertz CT molecular complexity index is 868. The molecule has 1 aliphatic heterocycles. The van der Waals surface area contributed by atoms with E-state index in [1.54, 1.807) is 31.3 Å². The molecule has 0 fully saturated rings. The van der Waals surface area contributed by atoms with Gasteiger partial charge in [0.2, 0.25) is 10.0 Å². The molecule has 1 atom stereocenters. The Hall–Kier alpha value is -2.25. The normalized spacial score (nSPS) is 16.7. The van der Waals surface area contributed by atoms with E-state index >= 15 is 0 Å². The van der Waals surface area contributed by atoms with Crippen LogP contribution in [0.1, 0.15) is 13.8 Å². The van der Waals surface area contributed by atoms with Crippen LogP contribution in [0.2, 0.25) is 0 Å². The van der Waals surface area contributed by atoms with Crippen LogP contribution >= 0.6 is 0 Å². The molecule has 0 radical (unpaired) electrons. The number of sulfonamides is 1. The molecule has 1 aliphatic rings. The summed E-state index contributed by atoms with van der Waals surface area (Å²) in [6.07, 6.45) is -0.234. The van der Waals surface area contributed by atoms with Crippen molar-refractivity contribution < 1.29 is 17.9 Å². The van der Waals surface area contributed by atoms with Gasteiger partial charge in [-0.15, -0.1) is 0 Å². The smallest absolute Gasteiger partial charge is 0.242 e. The minimum absolute atomic E-state index is 0.234. The Balaban J connectivity index is 1.73. The van der Waals surface area contributed by atoms with Gasteiger partial charge in [0, 0.05) is 13.6 Å². The molecular formula is C20H26N2O4S. The lowest BCUT2D eigenvalue weighted by Crippen LogP contribution is -2.46. The second kappa shape index (κ2) is 8.19. The molecule has 146 valence electrons. The van der Waals surface area contributed by atoms with Crippen molar-refractivity contribution in [3.63, 3.8) is 0 Å². The van der Waals surface area contributed by atoms with Crippen molar-refractivity contribution in [3.8, 4) is 11.5 Å². The van der Waals surface area contributed by atoms with Gasteiger partial charge in [-0.05, 0) is 50.2 Å². The third-order valence-electron chi connectivity index (χ3n) is 4.61. The van der Waals surface area contributed by atoms with Gasteiger partial charge in [0.15, 0.2) is 0 Å². The standard InChI is InChI=1S/C20H26N2O4S/c1-4-22-15-17(26-20-9-7-6-8-19(20)22)14-21(3)27(23,24)18-12-10-16(11-13-18)25-5-2/h6-13,17H,4-5,14-15H2,1-3H3/t17-/m0/s1. The van der Waals surface area contributed by atoms with Crippen LogP contribution in [-0.2, 0) is 10.0 Å². The average Bonchev–Trinajstić information content (AvgIpc) is 2.68. The van der Waals surface area contributed by atoms with Crippen molar-refractivity contribution in [1.29, 1.82) is 0 Å². The molecule has 2 aromatic carbocycles. The van der Waals surface area contributed by atoms with Crippen molar-refractivity contribution in [1.82, 2.24) is 4.31 Å². The van der Waals surface area contributed by atoms with E-state index in [1.807, 2.05) is 31.2 Å². The van der Waals surface area contributed by atoms with Gasteiger partial charge in [0.1, 0.15) is 17.6 Å². The molecule has 0 spiro atoms. The van der Waals surface area contributed by atoms with Crippen LogP contribution < -0.4 is 14.4 Å². The molecule has 0 N–H and O–H groups in total. The first kappa shape index (κ1) is 19.5. The van der Waals surface area contributed by atoms with Gasteiger partial charge in [0.25, 0.3) is 0 Å².